The van der Waals surface area contributed by atoms with Crippen LogP contribution in [0.25, 0.3) is 0 Å². The van der Waals surface area contributed by atoms with Gasteiger partial charge in [0.05, 0.1) is 19.2 Å². The van der Waals surface area contributed by atoms with Gasteiger partial charge in [-0.1, -0.05) is 18.2 Å². The van der Waals surface area contributed by atoms with Crippen LogP contribution in [-0.4, -0.2) is 53.3 Å². The number of methoxy groups -OCH3 is 1. The second-order valence-electron chi connectivity index (χ2n) is 8.60. The highest BCUT2D eigenvalue weighted by molar-refractivity contribution is 5.94. The first-order valence-electron chi connectivity index (χ1n) is 10.9. The molecule has 7 heteroatoms. The summed E-state index contributed by atoms with van der Waals surface area (Å²) in [4.78, 5) is 17.8. The Balaban J connectivity index is 1.25. The molecule has 1 fully saturated rings. The standard InChI is InChI=1S/C25H25N3O4/c1-30-19-7-4-17(5-8-19)13-28-22-15-26(12-18-6-9-23-24(11-18)32-16-31-23)14-21(22)27-10-2-3-20(27)25(28)29/h2-11,21-22H,12-16H2,1H3. The van der Waals surface area contributed by atoms with Crippen molar-refractivity contribution >= 4 is 5.91 Å². The van der Waals surface area contributed by atoms with Gasteiger partial charge in [-0.05, 0) is 47.5 Å². The van der Waals surface area contributed by atoms with Crippen LogP contribution in [0.4, 0.5) is 0 Å². The predicted molar refractivity (Wildman–Crippen MR) is 118 cm³/mol. The molecule has 2 unspecified atom stereocenters. The van der Waals surface area contributed by atoms with Gasteiger partial charge < -0.3 is 23.7 Å². The molecule has 7 nitrogen and oxygen atoms in total. The average molecular weight is 431 g/mol. The molecule has 0 spiro atoms. The monoisotopic (exact) mass is 431 g/mol. The number of hydrogen-bond donors (Lipinski definition) is 0. The van der Waals surface area contributed by atoms with Gasteiger partial charge in [0, 0.05) is 32.4 Å². The number of ether oxygens (including phenoxy) is 3. The first kappa shape index (κ1) is 19.3. The van der Waals surface area contributed by atoms with Crippen molar-refractivity contribution in [3.63, 3.8) is 0 Å². The van der Waals surface area contributed by atoms with Crippen molar-refractivity contribution in [2.24, 2.45) is 0 Å². The van der Waals surface area contributed by atoms with Gasteiger partial charge in [0.15, 0.2) is 11.5 Å². The van der Waals surface area contributed by atoms with Crippen LogP contribution in [0.3, 0.4) is 0 Å². The number of nitrogens with zero attached hydrogens (tertiary/aromatic N) is 3. The summed E-state index contributed by atoms with van der Waals surface area (Å²) in [6, 6.07) is 18.4. The third-order valence-electron chi connectivity index (χ3n) is 6.71. The summed E-state index contributed by atoms with van der Waals surface area (Å²) < 4.78 is 18.4. The molecule has 3 aromatic rings. The van der Waals surface area contributed by atoms with E-state index in [0.29, 0.717) is 6.54 Å². The molecule has 0 N–H and O–H groups in total. The van der Waals surface area contributed by atoms with Crippen LogP contribution in [0.15, 0.2) is 60.8 Å². The summed E-state index contributed by atoms with van der Waals surface area (Å²) >= 11 is 0. The fraction of sp³-hybridized carbons (Fsp3) is 0.320. The number of aromatic nitrogens is 1. The molecule has 0 radical (unpaired) electrons. The minimum Gasteiger partial charge on any atom is -0.497 e. The van der Waals surface area contributed by atoms with Gasteiger partial charge in [0.1, 0.15) is 11.4 Å². The van der Waals surface area contributed by atoms with E-state index in [0.717, 1.165) is 48.1 Å². The minimum absolute atomic E-state index is 0.0944. The van der Waals surface area contributed by atoms with Crippen molar-refractivity contribution in [1.29, 1.82) is 0 Å². The van der Waals surface area contributed by atoms with E-state index in [-0.39, 0.29) is 24.8 Å². The number of fused-ring (bicyclic) bond motifs is 4. The van der Waals surface area contributed by atoms with Crippen molar-refractivity contribution < 1.29 is 19.0 Å². The predicted octanol–water partition coefficient (Wildman–Crippen LogP) is 3.31. The molecule has 0 saturated carbocycles. The van der Waals surface area contributed by atoms with Gasteiger partial charge in [0.2, 0.25) is 6.79 Å². The quantitative estimate of drug-likeness (QED) is 0.621. The maximum Gasteiger partial charge on any atom is 0.271 e. The number of carbonyl (C=O) groups excluding carboxylic acids is 1. The number of amides is 1. The molecule has 2 atom stereocenters. The largest absolute Gasteiger partial charge is 0.497 e. The lowest BCUT2D eigenvalue weighted by molar-refractivity contribution is 0.0556. The number of likely N-dealkylation sites (tertiary alicyclic amines) is 1. The number of rotatable bonds is 5. The highest BCUT2D eigenvalue weighted by atomic mass is 16.7. The Bertz CT molecular complexity index is 1160. The third kappa shape index (κ3) is 3.20. The molecule has 6 rings (SSSR count). The SMILES string of the molecule is COc1ccc(CN2C(=O)c3cccn3C3CN(Cc4ccc5c(c4)OCO5)CC32)cc1. The molecule has 1 amide bonds. The molecule has 0 aliphatic carbocycles. The van der Waals surface area contributed by atoms with Crippen molar-refractivity contribution in [2.45, 2.75) is 25.2 Å². The molecule has 4 heterocycles. The zero-order valence-electron chi connectivity index (χ0n) is 17.9. The Morgan fingerprint density at radius 3 is 2.56 bits per heavy atom. The summed E-state index contributed by atoms with van der Waals surface area (Å²) in [5.74, 6) is 2.53. The van der Waals surface area contributed by atoms with Gasteiger partial charge in [-0.25, -0.2) is 0 Å². The Labute approximate surface area is 186 Å². The van der Waals surface area contributed by atoms with Crippen LogP contribution in [0.5, 0.6) is 17.2 Å². The Morgan fingerprint density at radius 1 is 0.938 bits per heavy atom. The van der Waals surface area contributed by atoms with E-state index in [1.165, 1.54) is 5.56 Å². The van der Waals surface area contributed by atoms with Crippen LogP contribution in [0.1, 0.15) is 27.7 Å². The molecular formula is C25H25N3O4. The lowest BCUT2D eigenvalue weighted by Gasteiger charge is -2.38. The molecule has 1 aromatic heterocycles. The number of carbonyl (C=O) groups is 1. The maximum atomic E-state index is 13.4. The highest BCUT2D eigenvalue weighted by Gasteiger charge is 2.44. The van der Waals surface area contributed by atoms with E-state index in [4.69, 9.17) is 14.2 Å². The van der Waals surface area contributed by atoms with Gasteiger partial charge in [0.25, 0.3) is 5.91 Å². The smallest absolute Gasteiger partial charge is 0.271 e. The second kappa shape index (κ2) is 7.60. The molecular weight excluding hydrogens is 406 g/mol. The summed E-state index contributed by atoms with van der Waals surface area (Å²) in [5, 5.41) is 0. The lowest BCUT2D eigenvalue weighted by Crippen LogP contribution is -2.49. The van der Waals surface area contributed by atoms with E-state index in [9.17, 15) is 4.79 Å². The third-order valence-corrected chi connectivity index (χ3v) is 6.71. The van der Waals surface area contributed by atoms with Gasteiger partial charge in [-0.2, -0.15) is 0 Å². The second-order valence-corrected chi connectivity index (χ2v) is 8.60. The Kier molecular flexibility index (Phi) is 4.57. The summed E-state index contributed by atoms with van der Waals surface area (Å²) in [6.45, 7) is 3.41. The summed E-state index contributed by atoms with van der Waals surface area (Å²) in [5.41, 5.74) is 3.06. The fourth-order valence-electron chi connectivity index (χ4n) is 5.13. The van der Waals surface area contributed by atoms with Gasteiger partial charge in [-0.15, -0.1) is 0 Å². The highest BCUT2D eigenvalue weighted by Crippen LogP contribution is 2.37. The number of benzene rings is 2. The van der Waals surface area contributed by atoms with Crippen LogP contribution >= 0.6 is 0 Å². The van der Waals surface area contributed by atoms with E-state index < -0.39 is 0 Å². The van der Waals surface area contributed by atoms with E-state index >= 15 is 0 Å². The van der Waals surface area contributed by atoms with Crippen molar-refractivity contribution in [3.8, 4) is 17.2 Å². The molecule has 3 aliphatic rings. The van der Waals surface area contributed by atoms with Crippen molar-refractivity contribution in [3.05, 3.63) is 77.6 Å². The average Bonchev–Trinajstić information content (AvgIpc) is 3.56. The minimum atomic E-state index is 0.0944. The van der Waals surface area contributed by atoms with Crippen molar-refractivity contribution in [2.75, 3.05) is 27.0 Å². The lowest BCUT2D eigenvalue weighted by atomic mass is 10.0. The normalized spacial score (nSPS) is 21.5. The maximum absolute atomic E-state index is 13.4. The molecule has 32 heavy (non-hydrogen) atoms. The van der Waals surface area contributed by atoms with Crippen LogP contribution < -0.4 is 14.2 Å². The van der Waals surface area contributed by atoms with Gasteiger partial charge in [-0.3, -0.25) is 9.69 Å². The molecule has 1 saturated heterocycles. The fourth-order valence-corrected chi connectivity index (χ4v) is 5.13. The molecule has 3 aliphatic heterocycles. The number of hydrogen-bond acceptors (Lipinski definition) is 5. The zero-order valence-corrected chi connectivity index (χ0v) is 17.9. The molecule has 164 valence electrons. The first-order valence-corrected chi connectivity index (χ1v) is 10.9. The molecule has 0 bridgehead atoms. The zero-order chi connectivity index (χ0) is 21.7. The van der Waals surface area contributed by atoms with E-state index in [2.05, 4.69) is 21.6 Å². The van der Waals surface area contributed by atoms with E-state index in [1.54, 1.807) is 7.11 Å². The summed E-state index contributed by atoms with van der Waals surface area (Å²) in [6.07, 6.45) is 2.04. The first-order chi connectivity index (χ1) is 15.7. The van der Waals surface area contributed by atoms with E-state index in [1.807, 2.05) is 53.6 Å². The Morgan fingerprint density at radius 2 is 1.72 bits per heavy atom. The van der Waals surface area contributed by atoms with Crippen LogP contribution in [0, 0.1) is 0 Å². The molecule has 2 aromatic carbocycles. The Hall–Kier alpha value is -3.45. The van der Waals surface area contributed by atoms with Crippen LogP contribution in [0.2, 0.25) is 0 Å². The van der Waals surface area contributed by atoms with Crippen LogP contribution in [-0.2, 0) is 13.1 Å². The van der Waals surface area contributed by atoms with Gasteiger partial charge >= 0.3 is 0 Å². The topological polar surface area (TPSA) is 56.2 Å². The summed E-state index contributed by atoms with van der Waals surface area (Å²) in [7, 11) is 1.66. The van der Waals surface area contributed by atoms with Crippen molar-refractivity contribution in [1.82, 2.24) is 14.4 Å².